The van der Waals surface area contributed by atoms with E-state index >= 15 is 0 Å². The van der Waals surface area contributed by atoms with Crippen molar-refractivity contribution in [3.05, 3.63) is 18.0 Å². The Morgan fingerprint density at radius 2 is 2.22 bits per heavy atom. The highest BCUT2D eigenvalue weighted by atomic mass is 16.5. The summed E-state index contributed by atoms with van der Waals surface area (Å²) in [5, 5.41) is 7.88. The van der Waals surface area contributed by atoms with E-state index in [0.29, 0.717) is 12.1 Å². The lowest BCUT2D eigenvalue weighted by Crippen LogP contribution is -2.22. The molecule has 0 unspecified atom stereocenters. The second-order valence-corrected chi connectivity index (χ2v) is 5.33. The zero-order chi connectivity index (χ0) is 12.8. The molecule has 0 amide bonds. The molecule has 0 atom stereocenters. The normalized spacial score (nSPS) is 16.8. The smallest absolute Gasteiger partial charge is 0.0762 e. The van der Waals surface area contributed by atoms with Gasteiger partial charge in [0, 0.05) is 25.3 Å². The van der Waals surface area contributed by atoms with Gasteiger partial charge in [0.15, 0.2) is 0 Å². The van der Waals surface area contributed by atoms with Crippen molar-refractivity contribution >= 4 is 0 Å². The number of ether oxygens (including phenoxy) is 1. The van der Waals surface area contributed by atoms with Crippen molar-refractivity contribution in [2.75, 3.05) is 13.2 Å². The molecule has 0 aromatic carbocycles. The minimum atomic E-state index is 0.435. The van der Waals surface area contributed by atoms with Gasteiger partial charge in [0.2, 0.25) is 0 Å². The SMILES string of the molecule is CC(C)n1ccc(CNCCOC2CCCC2)n1. The summed E-state index contributed by atoms with van der Waals surface area (Å²) in [7, 11) is 0. The first-order valence-electron chi connectivity index (χ1n) is 7.12. The fraction of sp³-hybridized carbons (Fsp3) is 0.786. The van der Waals surface area contributed by atoms with Crippen LogP contribution in [0.3, 0.4) is 0 Å². The van der Waals surface area contributed by atoms with Crippen LogP contribution in [-0.2, 0) is 11.3 Å². The van der Waals surface area contributed by atoms with Crippen LogP contribution in [0.4, 0.5) is 0 Å². The van der Waals surface area contributed by atoms with Crippen molar-refractivity contribution in [3.63, 3.8) is 0 Å². The summed E-state index contributed by atoms with van der Waals surface area (Å²) in [6, 6.07) is 2.51. The molecule has 1 fully saturated rings. The molecule has 1 aromatic rings. The van der Waals surface area contributed by atoms with E-state index in [-0.39, 0.29) is 0 Å². The van der Waals surface area contributed by atoms with Crippen LogP contribution in [-0.4, -0.2) is 29.0 Å². The van der Waals surface area contributed by atoms with Gasteiger partial charge in [-0.25, -0.2) is 0 Å². The third kappa shape index (κ3) is 4.10. The Balaban J connectivity index is 1.56. The monoisotopic (exact) mass is 251 g/mol. The zero-order valence-corrected chi connectivity index (χ0v) is 11.6. The van der Waals surface area contributed by atoms with E-state index in [2.05, 4.69) is 30.3 Å². The van der Waals surface area contributed by atoms with Gasteiger partial charge in [0.25, 0.3) is 0 Å². The summed E-state index contributed by atoms with van der Waals surface area (Å²) in [6.45, 7) is 6.83. The minimum absolute atomic E-state index is 0.435. The van der Waals surface area contributed by atoms with E-state index in [9.17, 15) is 0 Å². The predicted octanol–water partition coefficient (Wildman–Crippen LogP) is 2.51. The maximum absolute atomic E-state index is 5.80. The molecule has 2 rings (SSSR count). The maximum Gasteiger partial charge on any atom is 0.0762 e. The number of rotatable bonds is 7. The van der Waals surface area contributed by atoms with Gasteiger partial charge in [-0.15, -0.1) is 0 Å². The summed E-state index contributed by atoms with van der Waals surface area (Å²) >= 11 is 0. The number of aromatic nitrogens is 2. The highest BCUT2D eigenvalue weighted by Gasteiger charge is 2.14. The van der Waals surface area contributed by atoms with E-state index in [1.165, 1.54) is 25.7 Å². The van der Waals surface area contributed by atoms with E-state index in [1.54, 1.807) is 0 Å². The molecular weight excluding hydrogens is 226 g/mol. The summed E-state index contributed by atoms with van der Waals surface area (Å²) in [4.78, 5) is 0. The van der Waals surface area contributed by atoms with Crippen LogP contribution in [0.1, 0.15) is 51.3 Å². The Bertz CT molecular complexity index is 343. The summed E-state index contributed by atoms with van der Waals surface area (Å²) < 4.78 is 7.79. The second kappa shape index (κ2) is 6.90. The number of hydrogen-bond donors (Lipinski definition) is 1. The fourth-order valence-corrected chi connectivity index (χ4v) is 2.33. The lowest BCUT2D eigenvalue weighted by Gasteiger charge is -2.11. The van der Waals surface area contributed by atoms with Crippen LogP contribution < -0.4 is 5.32 Å². The van der Waals surface area contributed by atoms with Gasteiger partial charge in [-0.2, -0.15) is 5.10 Å². The van der Waals surface area contributed by atoms with Gasteiger partial charge in [-0.05, 0) is 32.8 Å². The van der Waals surface area contributed by atoms with Crippen molar-refractivity contribution in [2.24, 2.45) is 0 Å². The topological polar surface area (TPSA) is 39.1 Å². The molecule has 0 spiro atoms. The van der Waals surface area contributed by atoms with Crippen molar-refractivity contribution < 1.29 is 4.74 Å². The van der Waals surface area contributed by atoms with Crippen LogP contribution in [0.25, 0.3) is 0 Å². The molecule has 4 heteroatoms. The van der Waals surface area contributed by atoms with Gasteiger partial charge < -0.3 is 10.1 Å². The average molecular weight is 251 g/mol. The van der Waals surface area contributed by atoms with Crippen LogP contribution >= 0.6 is 0 Å². The molecule has 1 aliphatic rings. The molecule has 1 aromatic heterocycles. The van der Waals surface area contributed by atoms with E-state index < -0.39 is 0 Å². The molecule has 1 saturated carbocycles. The predicted molar refractivity (Wildman–Crippen MR) is 72.5 cm³/mol. The Labute approximate surface area is 110 Å². The first kappa shape index (κ1) is 13.6. The van der Waals surface area contributed by atoms with Crippen LogP contribution in [0, 0.1) is 0 Å². The molecule has 0 bridgehead atoms. The number of hydrogen-bond acceptors (Lipinski definition) is 3. The first-order valence-corrected chi connectivity index (χ1v) is 7.12. The summed E-state index contributed by atoms with van der Waals surface area (Å²) in [5.41, 5.74) is 1.10. The summed E-state index contributed by atoms with van der Waals surface area (Å²) in [6.07, 6.45) is 7.73. The molecule has 1 heterocycles. The minimum Gasteiger partial charge on any atom is -0.377 e. The molecular formula is C14H25N3O. The molecule has 0 radical (unpaired) electrons. The largest absolute Gasteiger partial charge is 0.377 e. The zero-order valence-electron chi connectivity index (χ0n) is 11.6. The standard InChI is InChI=1S/C14H25N3O/c1-12(2)17-9-7-13(16-17)11-15-8-10-18-14-5-3-4-6-14/h7,9,12,14-15H,3-6,8,10-11H2,1-2H3. The highest BCUT2D eigenvalue weighted by molar-refractivity contribution is 4.98. The van der Waals surface area contributed by atoms with Crippen molar-refractivity contribution in [1.82, 2.24) is 15.1 Å². The fourth-order valence-electron chi connectivity index (χ4n) is 2.33. The Kier molecular flexibility index (Phi) is 5.20. The molecule has 18 heavy (non-hydrogen) atoms. The van der Waals surface area contributed by atoms with E-state index in [1.807, 2.05) is 10.9 Å². The van der Waals surface area contributed by atoms with Gasteiger partial charge in [0.1, 0.15) is 0 Å². The average Bonchev–Trinajstić information content (AvgIpc) is 2.98. The van der Waals surface area contributed by atoms with E-state index in [0.717, 1.165) is 25.4 Å². The molecule has 1 aliphatic carbocycles. The molecule has 0 saturated heterocycles. The highest BCUT2D eigenvalue weighted by Crippen LogP contribution is 2.20. The Morgan fingerprint density at radius 3 is 2.89 bits per heavy atom. The second-order valence-electron chi connectivity index (χ2n) is 5.33. The molecule has 0 aliphatic heterocycles. The van der Waals surface area contributed by atoms with E-state index in [4.69, 9.17) is 4.74 Å². The van der Waals surface area contributed by atoms with Gasteiger partial charge in [-0.1, -0.05) is 12.8 Å². The van der Waals surface area contributed by atoms with Crippen molar-refractivity contribution in [1.29, 1.82) is 0 Å². The number of nitrogens with one attached hydrogen (secondary N) is 1. The van der Waals surface area contributed by atoms with Crippen LogP contribution in [0.5, 0.6) is 0 Å². The van der Waals surface area contributed by atoms with Gasteiger partial charge in [0.05, 0.1) is 18.4 Å². The maximum atomic E-state index is 5.80. The lowest BCUT2D eigenvalue weighted by molar-refractivity contribution is 0.0602. The Morgan fingerprint density at radius 1 is 1.44 bits per heavy atom. The third-order valence-electron chi connectivity index (χ3n) is 3.43. The molecule has 4 nitrogen and oxygen atoms in total. The molecule has 1 N–H and O–H groups in total. The quantitative estimate of drug-likeness (QED) is 0.757. The van der Waals surface area contributed by atoms with Crippen molar-refractivity contribution in [3.8, 4) is 0 Å². The van der Waals surface area contributed by atoms with Gasteiger partial charge >= 0.3 is 0 Å². The third-order valence-corrected chi connectivity index (χ3v) is 3.43. The van der Waals surface area contributed by atoms with Gasteiger partial charge in [-0.3, -0.25) is 4.68 Å². The molecule has 102 valence electrons. The first-order chi connectivity index (χ1) is 8.75. The van der Waals surface area contributed by atoms with Crippen molar-refractivity contribution in [2.45, 2.75) is 58.2 Å². The van der Waals surface area contributed by atoms with Crippen LogP contribution in [0.2, 0.25) is 0 Å². The lowest BCUT2D eigenvalue weighted by atomic mass is 10.3. The summed E-state index contributed by atoms with van der Waals surface area (Å²) in [5.74, 6) is 0. The van der Waals surface area contributed by atoms with Crippen LogP contribution in [0.15, 0.2) is 12.3 Å². The number of nitrogens with zero attached hydrogens (tertiary/aromatic N) is 2. The Hall–Kier alpha value is -0.870.